The molecule has 144 heavy (non-hydrogen) atoms. The van der Waals surface area contributed by atoms with Crippen molar-refractivity contribution in [3.63, 3.8) is 0 Å². The Labute approximate surface area is 853 Å². The van der Waals surface area contributed by atoms with Crippen molar-refractivity contribution in [2.45, 2.75) is 341 Å². The third kappa shape index (κ3) is 44.4. The van der Waals surface area contributed by atoms with E-state index in [9.17, 15) is 68.1 Å². The second-order valence-corrected chi connectivity index (χ2v) is 45.2. The summed E-state index contributed by atoms with van der Waals surface area (Å²) >= 11 is 0. The van der Waals surface area contributed by atoms with E-state index in [2.05, 4.69) is 58.2 Å². The lowest BCUT2D eigenvalue weighted by Crippen LogP contribution is -2.62. The van der Waals surface area contributed by atoms with E-state index in [1.54, 1.807) is 250 Å². The molecule has 13 atom stereocenters. The third-order valence-electron chi connectivity index (χ3n) is 22.7. The van der Waals surface area contributed by atoms with Gasteiger partial charge in [-0.15, -0.1) is 0 Å². The summed E-state index contributed by atoms with van der Waals surface area (Å²) in [5.41, 5.74) is -2.11. The fourth-order valence-corrected chi connectivity index (χ4v) is 18.7. The first-order chi connectivity index (χ1) is 67.3. The summed E-state index contributed by atoms with van der Waals surface area (Å²) in [5, 5.41) is 60.1. The molecule has 1 aromatic heterocycles. The smallest absolute Gasteiger partial charge is 0.407 e. The molecule has 10 amide bonds. The van der Waals surface area contributed by atoms with E-state index in [0.29, 0.717) is 64.5 Å². The number of carbonyl (C=O) groups excluding carboxylic acids is 15. The van der Waals surface area contributed by atoms with Crippen LogP contribution in [0.5, 0.6) is 0 Å². The molecule has 40 heteroatoms. The highest BCUT2D eigenvalue weighted by Crippen LogP contribution is 2.32. The molecular weight excluding hydrogens is 1890 g/mol. The summed E-state index contributed by atoms with van der Waals surface area (Å²) in [6.07, 6.45) is -0.538. The van der Waals surface area contributed by atoms with E-state index in [-0.39, 0.29) is 108 Å². The summed E-state index contributed by atoms with van der Waals surface area (Å²) in [7, 11) is 1.84. The van der Waals surface area contributed by atoms with Crippen LogP contribution in [0.4, 0.5) is 10.5 Å². The van der Waals surface area contributed by atoms with Gasteiger partial charge in [0.1, 0.15) is 75.9 Å². The number of aromatic amines is 1. The molecule has 1 aliphatic carbocycles. The van der Waals surface area contributed by atoms with Crippen LogP contribution in [0.25, 0.3) is 10.9 Å². The van der Waals surface area contributed by atoms with E-state index in [1.165, 1.54) is 13.8 Å². The molecule has 0 spiro atoms. The van der Waals surface area contributed by atoms with Crippen molar-refractivity contribution in [3.8, 4) is 0 Å². The molecule has 0 bridgehead atoms. The first kappa shape index (κ1) is 120. The minimum absolute atomic E-state index is 0.0178. The van der Waals surface area contributed by atoms with Gasteiger partial charge in [-0.3, -0.25) is 81.8 Å². The average molecular weight is 2050 g/mol. The number of nitrogens with zero attached hydrogens (tertiary/aromatic N) is 3. The Bertz CT molecular complexity index is 5020. The molecule has 7 rings (SSSR count). The summed E-state index contributed by atoms with van der Waals surface area (Å²) in [6.45, 7) is 31.1. The number of ether oxygens (including phenoxy) is 6. The largest absolute Gasteiger partial charge is 0.459 e. The molecule has 1 saturated carbocycles. The molecule has 796 valence electrons. The Hall–Kier alpha value is -11.3. The normalized spacial score (nSPS) is 19.6. The van der Waals surface area contributed by atoms with E-state index >= 15 is 19.2 Å². The molecule has 1 saturated heterocycles. The molecule has 0 unspecified atom stereocenters. The number of rotatable bonds is 41. The number of anilines is 1. The van der Waals surface area contributed by atoms with Crippen molar-refractivity contribution in [1.29, 1.82) is 0 Å². The molecule has 1 aliphatic heterocycles. The van der Waals surface area contributed by atoms with Crippen LogP contribution < -0.4 is 53.2 Å². The fraction of sp³-hybridized carbons (Fsp3) is 0.606. The standard InChI is InChI=1S/C104H154N14O24S2/c1-64(120)78(61-119)112-96(134)80-63-144-143-62-79(95(133)110-76(52-67-36-25-22-26-37-67)93(131)111-77(53-69-54-106-73-39-28-27-38-72(69)73)94(132)109-74(91(129)115-90(65(2)121)97(135)114-80)40-31-32-49-105-98(136)142-104(18,19)20)113-92(130)75(51-66-34-23-21-24-35-66)108-84(123)44-33-43-83(122)107-70-47-45-68(46-48-70)50-71(116(56-85(124)137-99(3,4)5)57-86(125)138-100(6,7)8)55-117(58-87(126)139-101(9,10)11)81-41-29-30-42-82(81)118(59-88(127)140-102(12,13)14)60-89(128)141-103(15,16)17/h21-28,34-39,45-48,54,64-65,71,74-82,90,106,119-121H,29-33,40-44,49-53,55-63H2,1-20H3,(H,105,136)(H,107,122)(H,108,123)(H,109,132)(H,110,133)(H,111,131)(H,112,134)(H,113,130)(H,114,135)(H,115,129)/t64-,65-,71-,74+,75+,76+,77-,78-,79+,80+,81+,82+,90+/m1/s1. The zero-order valence-corrected chi connectivity index (χ0v) is 88.7. The number of carbonyl (C=O) groups is 15. The number of unbranched alkanes of at least 4 members (excludes halogenated alkanes) is 1. The number of aromatic nitrogens is 1. The van der Waals surface area contributed by atoms with Gasteiger partial charge < -0.3 is 102 Å². The van der Waals surface area contributed by atoms with Crippen LogP contribution in [0.15, 0.2) is 115 Å². The number of alkyl carbamates (subject to hydrolysis) is 1. The number of hydrogen-bond donors (Lipinski definition) is 14. The van der Waals surface area contributed by atoms with Gasteiger partial charge in [-0.2, -0.15) is 0 Å². The van der Waals surface area contributed by atoms with Crippen molar-refractivity contribution in [3.05, 3.63) is 138 Å². The molecule has 5 aromatic rings. The van der Waals surface area contributed by atoms with E-state index < -0.39 is 221 Å². The maximum atomic E-state index is 15.5. The van der Waals surface area contributed by atoms with Gasteiger partial charge in [0.25, 0.3) is 0 Å². The maximum Gasteiger partial charge on any atom is 0.407 e. The lowest BCUT2D eigenvalue weighted by molar-refractivity contribution is -0.164. The summed E-state index contributed by atoms with van der Waals surface area (Å²) < 4.78 is 34.9. The number of aliphatic hydroxyl groups excluding tert-OH is 3. The quantitative estimate of drug-likeness (QED) is 0.00776. The van der Waals surface area contributed by atoms with Crippen LogP contribution in [0.1, 0.15) is 225 Å². The van der Waals surface area contributed by atoms with Gasteiger partial charge in [0.2, 0.25) is 53.2 Å². The van der Waals surface area contributed by atoms with Crippen LogP contribution in [0.3, 0.4) is 0 Å². The van der Waals surface area contributed by atoms with Crippen molar-refractivity contribution in [2.75, 3.05) is 69.2 Å². The highest BCUT2D eigenvalue weighted by Gasteiger charge is 2.44. The minimum Gasteiger partial charge on any atom is -0.459 e. The molecule has 4 aromatic carbocycles. The fourth-order valence-electron chi connectivity index (χ4n) is 16.3. The third-order valence-corrected chi connectivity index (χ3v) is 25.1. The second-order valence-electron chi connectivity index (χ2n) is 42.7. The van der Waals surface area contributed by atoms with Crippen molar-refractivity contribution in [1.82, 2.24) is 67.5 Å². The molecule has 14 N–H and O–H groups in total. The first-order valence-corrected chi connectivity index (χ1v) is 51.8. The lowest BCUT2D eigenvalue weighted by atomic mass is 9.87. The molecule has 2 heterocycles. The molecule has 38 nitrogen and oxygen atoms in total. The van der Waals surface area contributed by atoms with Gasteiger partial charge in [-0.05, 0) is 224 Å². The summed E-state index contributed by atoms with van der Waals surface area (Å²) in [4.78, 5) is 226. The van der Waals surface area contributed by atoms with E-state index in [0.717, 1.165) is 21.6 Å². The van der Waals surface area contributed by atoms with Crippen LogP contribution in [-0.2, 0) is 121 Å². The highest BCUT2D eigenvalue weighted by molar-refractivity contribution is 8.76. The molecule has 0 radical (unpaired) electrons. The van der Waals surface area contributed by atoms with Gasteiger partial charge >= 0.3 is 35.9 Å². The predicted octanol–water partition coefficient (Wildman–Crippen LogP) is 7.56. The predicted molar refractivity (Wildman–Crippen MR) is 548 cm³/mol. The number of hydrogen-bond acceptors (Lipinski definition) is 29. The van der Waals surface area contributed by atoms with Crippen molar-refractivity contribution in [2.24, 2.45) is 0 Å². The van der Waals surface area contributed by atoms with Crippen molar-refractivity contribution >= 4 is 127 Å². The Morgan fingerprint density at radius 3 is 1.49 bits per heavy atom. The van der Waals surface area contributed by atoms with E-state index in [4.69, 9.17) is 28.4 Å². The van der Waals surface area contributed by atoms with Crippen molar-refractivity contribution < 1.29 is 116 Å². The molecule has 2 fully saturated rings. The number of nitrogens with one attached hydrogen (secondary N) is 11. The van der Waals surface area contributed by atoms with Gasteiger partial charge in [0.05, 0.1) is 57.6 Å². The highest BCUT2D eigenvalue weighted by atomic mass is 33.1. The number of para-hydroxylation sites is 1. The minimum atomic E-state index is -1.83. The van der Waals surface area contributed by atoms with Gasteiger partial charge in [-0.25, -0.2) is 4.79 Å². The monoisotopic (exact) mass is 2050 g/mol. The Kier molecular flexibility index (Phi) is 46.4. The number of esters is 5. The lowest BCUT2D eigenvalue weighted by Gasteiger charge is -2.46. The maximum absolute atomic E-state index is 15.5. The van der Waals surface area contributed by atoms with Gasteiger partial charge in [-0.1, -0.05) is 125 Å². The van der Waals surface area contributed by atoms with Gasteiger partial charge in [0.15, 0.2) is 0 Å². The zero-order chi connectivity index (χ0) is 107. The van der Waals surface area contributed by atoms with Crippen LogP contribution in [0.2, 0.25) is 0 Å². The number of benzene rings is 4. The topological polar surface area (TPSA) is 518 Å². The molecular formula is C104H154N14O24S2. The number of amides is 10. The van der Waals surface area contributed by atoms with E-state index in [1.807, 2.05) is 4.90 Å². The van der Waals surface area contributed by atoms with Gasteiger partial charge in [0, 0.05) is 97.6 Å². The van der Waals surface area contributed by atoms with Crippen LogP contribution in [-0.4, -0.2) is 300 Å². The summed E-state index contributed by atoms with van der Waals surface area (Å²) in [5.74, 6) is -11.7. The molecule has 2 aliphatic rings. The Morgan fingerprint density at radius 1 is 0.479 bits per heavy atom. The van der Waals surface area contributed by atoms with Crippen LogP contribution in [0, 0.1) is 0 Å². The SMILES string of the molecule is C[C@@H](O)[C@@H]1NC(=O)[C@H](CCCCNC(=O)OC(C)(C)C)NC(=O)[C@@H](Cc2c[nH]c3ccccc23)NC(=O)[C@H](Cc2ccccc2)NC(=O)[C@@H](NC(=O)[C@H](Cc2ccccc2)NC(=O)CCCC(=O)Nc2ccc(C[C@H](CN(CC(=O)OC(C)(C)C)[C@H]3CCCC[C@@H]3N(CC(=O)OC(C)(C)C)CC(=O)OC(C)(C)C)N(CC(=O)OC(C)(C)C)CC(=O)OC(C)(C)C)cc2)CSSC[C@@H](C(=O)N[C@H](CO)[C@@H](C)O)NC1=O. The second kappa shape index (κ2) is 55.9. The first-order valence-electron chi connectivity index (χ1n) is 49.3. The zero-order valence-electron chi connectivity index (χ0n) is 87.0. The number of aliphatic hydroxyl groups is 3. The van der Waals surface area contributed by atoms with Crippen LogP contribution >= 0.6 is 21.6 Å². The Balaban J connectivity index is 1.20. The summed E-state index contributed by atoms with van der Waals surface area (Å²) in [6, 6.07) is 16.9. The number of fused-ring (bicyclic) bond motifs is 1. The number of H-pyrrole nitrogens is 1. The average Bonchev–Trinajstić information content (AvgIpc) is 1.68. The Morgan fingerprint density at radius 2 is 0.951 bits per heavy atom.